The topological polar surface area (TPSA) is 28.2 Å². The molecule has 0 unspecified atom stereocenters. The molecule has 3 nitrogen and oxygen atoms in total. The summed E-state index contributed by atoms with van der Waals surface area (Å²) in [6.45, 7) is 6.19. The van der Waals surface area contributed by atoms with Crippen molar-refractivity contribution in [3.63, 3.8) is 0 Å². The van der Waals surface area contributed by atoms with Gasteiger partial charge in [0.25, 0.3) is 0 Å². The summed E-state index contributed by atoms with van der Waals surface area (Å²) in [6.07, 6.45) is 2.18. The number of hydrogen-bond donors (Lipinski definition) is 1. The van der Waals surface area contributed by atoms with Gasteiger partial charge in [0, 0.05) is 42.2 Å². The van der Waals surface area contributed by atoms with Gasteiger partial charge in [-0.05, 0) is 49.3 Å². The van der Waals surface area contributed by atoms with Gasteiger partial charge in [-0.25, -0.2) is 0 Å². The van der Waals surface area contributed by atoms with Crippen molar-refractivity contribution in [2.45, 2.75) is 32.9 Å². The lowest BCUT2D eigenvalue weighted by Crippen LogP contribution is -2.29. The van der Waals surface area contributed by atoms with Crippen LogP contribution in [0.5, 0.6) is 0 Å². The van der Waals surface area contributed by atoms with Crippen molar-refractivity contribution < 1.29 is 0 Å². The summed E-state index contributed by atoms with van der Waals surface area (Å²) in [5.74, 6) is 0. The second-order valence-corrected chi connectivity index (χ2v) is 6.28. The van der Waals surface area contributed by atoms with Crippen LogP contribution in [0.1, 0.15) is 30.2 Å². The number of pyridine rings is 1. The monoisotopic (exact) mass is 303 g/mol. The Labute approximate surface area is 131 Å². The molecule has 0 bridgehead atoms. The van der Waals surface area contributed by atoms with E-state index in [1.807, 2.05) is 12.1 Å². The molecule has 0 amide bonds. The van der Waals surface area contributed by atoms with E-state index in [4.69, 9.17) is 16.6 Å². The van der Waals surface area contributed by atoms with Gasteiger partial charge in [0.15, 0.2) is 0 Å². The number of halogens is 1. The molecule has 112 valence electrons. The van der Waals surface area contributed by atoms with Crippen LogP contribution in [0, 0.1) is 0 Å². The lowest BCUT2D eigenvalue weighted by Gasteiger charge is -2.27. The van der Waals surface area contributed by atoms with Gasteiger partial charge in [0.05, 0.1) is 5.52 Å². The van der Waals surface area contributed by atoms with Crippen molar-refractivity contribution in [3.05, 3.63) is 40.0 Å². The fourth-order valence-corrected chi connectivity index (χ4v) is 3.20. The first kappa shape index (κ1) is 14.8. The van der Waals surface area contributed by atoms with E-state index in [0.717, 1.165) is 49.6 Å². The lowest BCUT2D eigenvalue weighted by atomic mass is 9.96. The number of benzene rings is 1. The summed E-state index contributed by atoms with van der Waals surface area (Å²) in [7, 11) is 2.17. The van der Waals surface area contributed by atoms with Crippen LogP contribution < -0.4 is 5.32 Å². The molecule has 0 saturated heterocycles. The summed E-state index contributed by atoms with van der Waals surface area (Å²) in [5.41, 5.74) is 5.09. The summed E-state index contributed by atoms with van der Waals surface area (Å²) >= 11 is 6.21. The Hall–Kier alpha value is -1.16. The number of likely N-dealkylation sites (N-methyl/N-ethyl adjacent to an activating group) is 1. The van der Waals surface area contributed by atoms with Crippen LogP contribution in [0.15, 0.2) is 18.2 Å². The smallest absolute Gasteiger partial charge is 0.0709 e. The van der Waals surface area contributed by atoms with Gasteiger partial charge >= 0.3 is 0 Å². The molecule has 1 aliphatic heterocycles. The first-order valence-electron chi connectivity index (χ1n) is 7.68. The largest absolute Gasteiger partial charge is 0.313 e. The van der Waals surface area contributed by atoms with Crippen LogP contribution in [0.2, 0.25) is 5.02 Å². The van der Waals surface area contributed by atoms with Gasteiger partial charge in [-0.1, -0.05) is 18.5 Å². The molecule has 1 aliphatic rings. The highest BCUT2D eigenvalue weighted by Gasteiger charge is 2.20. The minimum absolute atomic E-state index is 0.783. The Balaban J connectivity index is 2.12. The van der Waals surface area contributed by atoms with Crippen LogP contribution in [0.25, 0.3) is 10.9 Å². The van der Waals surface area contributed by atoms with Gasteiger partial charge < -0.3 is 10.2 Å². The molecular weight excluding hydrogens is 282 g/mol. The Morgan fingerprint density at radius 2 is 2.24 bits per heavy atom. The zero-order valence-electron chi connectivity index (χ0n) is 12.7. The zero-order valence-corrected chi connectivity index (χ0v) is 13.5. The lowest BCUT2D eigenvalue weighted by molar-refractivity contribution is 0.308. The van der Waals surface area contributed by atoms with E-state index >= 15 is 0 Å². The van der Waals surface area contributed by atoms with Gasteiger partial charge in [-0.2, -0.15) is 0 Å². The van der Waals surface area contributed by atoms with Crippen molar-refractivity contribution >= 4 is 22.5 Å². The second kappa shape index (κ2) is 6.30. The van der Waals surface area contributed by atoms with Crippen LogP contribution in [0.4, 0.5) is 0 Å². The van der Waals surface area contributed by atoms with E-state index in [-0.39, 0.29) is 0 Å². The van der Waals surface area contributed by atoms with Crippen molar-refractivity contribution in [3.8, 4) is 0 Å². The third-order valence-corrected chi connectivity index (χ3v) is 4.37. The van der Waals surface area contributed by atoms with E-state index in [1.54, 1.807) is 0 Å². The maximum atomic E-state index is 6.21. The molecule has 3 rings (SSSR count). The summed E-state index contributed by atoms with van der Waals surface area (Å²) in [6, 6.07) is 6.03. The molecule has 0 atom stereocenters. The highest BCUT2D eigenvalue weighted by molar-refractivity contribution is 6.31. The van der Waals surface area contributed by atoms with E-state index in [1.165, 1.54) is 22.2 Å². The molecule has 0 aliphatic carbocycles. The van der Waals surface area contributed by atoms with Gasteiger partial charge in [-0.3, -0.25) is 4.98 Å². The fourth-order valence-electron chi connectivity index (χ4n) is 3.03. The van der Waals surface area contributed by atoms with Crippen molar-refractivity contribution in [2.24, 2.45) is 0 Å². The Kier molecular flexibility index (Phi) is 4.43. The molecule has 21 heavy (non-hydrogen) atoms. The molecule has 0 saturated carbocycles. The van der Waals surface area contributed by atoms with E-state index in [0.29, 0.717) is 0 Å². The standard InChI is InChI=1S/C17H22ClN3/c1-3-7-19-10-14-13-9-12(18)4-5-16(13)20-17-6-8-21(2)11-15(14)17/h4-5,9,19H,3,6-8,10-11H2,1-2H3. The maximum Gasteiger partial charge on any atom is 0.0709 e. The Morgan fingerprint density at radius 1 is 1.38 bits per heavy atom. The normalized spacial score (nSPS) is 15.4. The van der Waals surface area contributed by atoms with Gasteiger partial charge in [0.2, 0.25) is 0 Å². The van der Waals surface area contributed by atoms with Crippen molar-refractivity contribution in [2.75, 3.05) is 20.1 Å². The first-order valence-corrected chi connectivity index (χ1v) is 8.06. The van der Waals surface area contributed by atoms with Crippen molar-refractivity contribution in [1.29, 1.82) is 0 Å². The fraction of sp³-hybridized carbons (Fsp3) is 0.471. The van der Waals surface area contributed by atoms with Crippen LogP contribution in [-0.4, -0.2) is 30.0 Å². The van der Waals surface area contributed by atoms with Crippen LogP contribution in [-0.2, 0) is 19.5 Å². The second-order valence-electron chi connectivity index (χ2n) is 5.84. The van der Waals surface area contributed by atoms with E-state index in [2.05, 4.69) is 30.3 Å². The number of rotatable bonds is 4. The average Bonchev–Trinajstić information content (AvgIpc) is 2.47. The maximum absolute atomic E-state index is 6.21. The quantitative estimate of drug-likeness (QED) is 0.878. The summed E-state index contributed by atoms with van der Waals surface area (Å²) in [4.78, 5) is 7.23. The third-order valence-electron chi connectivity index (χ3n) is 4.14. The number of fused-ring (bicyclic) bond motifs is 2. The molecule has 1 N–H and O–H groups in total. The Morgan fingerprint density at radius 3 is 3.05 bits per heavy atom. The van der Waals surface area contributed by atoms with Gasteiger partial charge in [-0.15, -0.1) is 0 Å². The van der Waals surface area contributed by atoms with Crippen molar-refractivity contribution in [1.82, 2.24) is 15.2 Å². The molecule has 0 radical (unpaired) electrons. The minimum Gasteiger partial charge on any atom is -0.313 e. The predicted molar refractivity (Wildman–Crippen MR) is 88.8 cm³/mol. The SMILES string of the molecule is CCCNCc1c2c(nc3ccc(Cl)cc13)CCN(C)C2. The Bertz CT molecular complexity index is 654. The molecular formula is C17H22ClN3. The highest BCUT2D eigenvalue weighted by atomic mass is 35.5. The molecule has 0 fully saturated rings. The van der Waals surface area contributed by atoms with Crippen LogP contribution in [0.3, 0.4) is 0 Å². The van der Waals surface area contributed by atoms with E-state index in [9.17, 15) is 0 Å². The number of nitrogens with one attached hydrogen (secondary N) is 1. The van der Waals surface area contributed by atoms with Crippen LogP contribution >= 0.6 is 11.6 Å². The molecule has 1 aromatic heterocycles. The highest BCUT2D eigenvalue weighted by Crippen LogP contribution is 2.29. The summed E-state index contributed by atoms with van der Waals surface area (Å²) in [5, 5.41) is 5.52. The first-order chi connectivity index (χ1) is 10.2. The number of aromatic nitrogens is 1. The average molecular weight is 304 g/mol. The molecule has 0 spiro atoms. The molecule has 2 aromatic rings. The minimum atomic E-state index is 0.783. The van der Waals surface area contributed by atoms with Gasteiger partial charge in [0.1, 0.15) is 0 Å². The molecule has 4 heteroatoms. The third kappa shape index (κ3) is 3.05. The zero-order chi connectivity index (χ0) is 14.8. The number of nitrogens with zero attached hydrogens (tertiary/aromatic N) is 2. The predicted octanol–water partition coefficient (Wildman–Crippen LogP) is 3.38. The molecule has 1 aromatic carbocycles. The number of hydrogen-bond acceptors (Lipinski definition) is 3. The summed E-state index contributed by atoms with van der Waals surface area (Å²) < 4.78 is 0. The molecule has 2 heterocycles. The van der Waals surface area contributed by atoms with E-state index < -0.39 is 0 Å².